The summed E-state index contributed by atoms with van der Waals surface area (Å²) in [7, 11) is 1.45. The van der Waals surface area contributed by atoms with Crippen LogP contribution in [-0.2, 0) is 14.3 Å². The molecule has 110 valence electrons. The first-order valence-electron chi connectivity index (χ1n) is 6.61. The lowest BCUT2D eigenvalue weighted by atomic mass is 10.1. The molecule has 0 spiro atoms. The highest BCUT2D eigenvalue weighted by molar-refractivity contribution is 5.86. The van der Waals surface area contributed by atoms with Crippen molar-refractivity contribution in [3.63, 3.8) is 0 Å². The van der Waals surface area contributed by atoms with Gasteiger partial charge in [-0.25, -0.2) is 0 Å². The van der Waals surface area contributed by atoms with Crippen LogP contribution in [0.1, 0.15) is 31.9 Å². The molecule has 0 radical (unpaired) electrons. The fraction of sp³-hybridized carbons (Fsp3) is 0.467. The predicted octanol–water partition coefficient (Wildman–Crippen LogP) is 2.09. The molecule has 2 unspecified atom stereocenters. The number of nitrogens with zero attached hydrogens (tertiary/aromatic N) is 1. The molecule has 0 aromatic heterocycles. The van der Waals surface area contributed by atoms with Crippen LogP contribution >= 0.6 is 0 Å². The van der Waals surface area contributed by atoms with Crippen LogP contribution in [0.3, 0.4) is 0 Å². The van der Waals surface area contributed by atoms with Crippen LogP contribution in [0.4, 0.5) is 0 Å². The van der Waals surface area contributed by atoms with E-state index in [0.29, 0.717) is 6.42 Å². The standard InChI is InChI=1S/C15H21NO4/c1-4-11(2)16(10-13(17)18)15(19)14(20-3)12-8-6-5-7-9-12/h5-9,11,14H,4,10H2,1-3H3,(H,17,18). The maximum atomic E-state index is 12.5. The Hall–Kier alpha value is -1.88. The van der Waals surface area contributed by atoms with Gasteiger partial charge in [-0.15, -0.1) is 0 Å². The molecule has 1 aromatic carbocycles. The third kappa shape index (κ3) is 4.06. The molecule has 20 heavy (non-hydrogen) atoms. The van der Waals surface area contributed by atoms with Crippen molar-refractivity contribution in [1.82, 2.24) is 4.90 Å². The van der Waals surface area contributed by atoms with Crippen molar-refractivity contribution >= 4 is 11.9 Å². The number of aliphatic carboxylic acids is 1. The number of carbonyl (C=O) groups is 2. The van der Waals surface area contributed by atoms with Gasteiger partial charge in [0.05, 0.1) is 0 Å². The van der Waals surface area contributed by atoms with E-state index in [0.717, 1.165) is 5.56 Å². The number of hydrogen-bond donors (Lipinski definition) is 1. The Morgan fingerprint density at radius 3 is 2.35 bits per heavy atom. The smallest absolute Gasteiger partial charge is 0.323 e. The van der Waals surface area contributed by atoms with Crippen LogP contribution in [0.2, 0.25) is 0 Å². The van der Waals surface area contributed by atoms with Gasteiger partial charge in [0.1, 0.15) is 6.54 Å². The molecule has 1 amide bonds. The van der Waals surface area contributed by atoms with Gasteiger partial charge < -0.3 is 14.7 Å². The van der Waals surface area contributed by atoms with E-state index in [4.69, 9.17) is 9.84 Å². The Bertz CT molecular complexity index is 446. The maximum absolute atomic E-state index is 12.5. The number of rotatable bonds is 7. The first kappa shape index (κ1) is 16.2. The van der Waals surface area contributed by atoms with Crippen molar-refractivity contribution in [2.24, 2.45) is 0 Å². The minimum atomic E-state index is -1.03. The van der Waals surface area contributed by atoms with E-state index in [-0.39, 0.29) is 18.5 Å². The SMILES string of the molecule is CCC(C)N(CC(=O)O)C(=O)C(OC)c1ccccc1. The van der Waals surface area contributed by atoms with Crippen LogP contribution in [-0.4, -0.2) is 41.6 Å². The molecule has 0 aliphatic heterocycles. The monoisotopic (exact) mass is 279 g/mol. The molecule has 0 saturated carbocycles. The molecular weight excluding hydrogens is 258 g/mol. The molecule has 1 N–H and O–H groups in total. The molecule has 0 bridgehead atoms. The molecule has 0 heterocycles. The second-order valence-corrected chi connectivity index (χ2v) is 4.64. The largest absolute Gasteiger partial charge is 0.480 e. The fourth-order valence-electron chi connectivity index (χ4n) is 1.97. The van der Waals surface area contributed by atoms with Crippen molar-refractivity contribution in [2.75, 3.05) is 13.7 Å². The van der Waals surface area contributed by atoms with E-state index >= 15 is 0 Å². The Labute approximate surface area is 119 Å². The van der Waals surface area contributed by atoms with Gasteiger partial charge in [-0.05, 0) is 18.9 Å². The average molecular weight is 279 g/mol. The van der Waals surface area contributed by atoms with Gasteiger partial charge in [-0.2, -0.15) is 0 Å². The number of methoxy groups -OCH3 is 1. The van der Waals surface area contributed by atoms with E-state index in [9.17, 15) is 9.59 Å². The van der Waals surface area contributed by atoms with Gasteiger partial charge in [0.2, 0.25) is 0 Å². The van der Waals surface area contributed by atoms with Gasteiger partial charge >= 0.3 is 5.97 Å². The zero-order valence-electron chi connectivity index (χ0n) is 12.1. The summed E-state index contributed by atoms with van der Waals surface area (Å²) in [6.07, 6.45) is -0.0888. The van der Waals surface area contributed by atoms with Gasteiger partial charge in [-0.3, -0.25) is 9.59 Å². The Kier molecular flexibility index (Phi) is 6.18. The fourth-order valence-corrected chi connectivity index (χ4v) is 1.97. The Morgan fingerprint density at radius 2 is 1.90 bits per heavy atom. The minimum Gasteiger partial charge on any atom is -0.480 e. The van der Waals surface area contributed by atoms with Gasteiger partial charge in [0.25, 0.3) is 5.91 Å². The molecule has 5 heteroatoms. The van der Waals surface area contributed by atoms with Gasteiger partial charge in [0.15, 0.2) is 6.10 Å². The third-order valence-electron chi connectivity index (χ3n) is 3.27. The van der Waals surface area contributed by atoms with Crippen molar-refractivity contribution in [2.45, 2.75) is 32.4 Å². The number of carbonyl (C=O) groups excluding carboxylic acids is 1. The summed E-state index contributed by atoms with van der Waals surface area (Å²) in [5.74, 6) is -1.35. The maximum Gasteiger partial charge on any atom is 0.323 e. The topological polar surface area (TPSA) is 66.8 Å². The van der Waals surface area contributed by atoms with E-state index in [2.05, 4.69) is 0 Å². The van der Waals surface area contributed by atoms with Crippen LogP contribution in [0, 0.1) is 0 Å². The van der Waals surface area contributed by atoms with Crippen LogP contribution in [0.15, 0.2) is 30.3 Å². The summed E-state index contributed by atoms with van der Waals surface area (Å²) in [5, 5.41) is 8.97. The van der Waals surface area contributed by atoms with Crippen molar-refractivity contribution in [1.29, 1.82) is 0 Å². The average Bonchev–Trinajstić information content (AvgIpc) is 2.45. The predicted molar refractivity (Wildman–Crippen MR) is 75.3 cm³/mol. The number of hydrogen-bond acceptors (Lipinski definition) is 3. The normalized spacial score (nSPS) is 13.6. The molecule has 0 aliphatic carbocycles. The van der Waals surface area contributed by atoms with E-state index in [1.165, 1.54) is 12.0 Å². The lowest BCUT2D eigenvalue weighted by molar-refractivity contribution is -0.152. The lowest BCUT2D eigenvalue weighted by Gasteiger charge is -2.30. The highest BCUT2D eigenvalue weighted by Crippen LogP contribution is 2.21. The summed E-state index contributed by atoms with van der Waals surface area (Å²) < 4.78 is 5.27. The van der Waals surface area contributed by atoms with Crippen LogP contribution in [0.25, 0.3) is 0 Å². The second-order valence-electron chi connectivity index (χ2n) is 4.64. The van der Waals surface area contributed by atoms with Gasteiger partial charge in [0, 0.05) is 13.2 Å². The van der Waals surface area contributed by atoms with Crippen molar-refractivity contribution < 1.29 is 19.4 Å². The first-order valence-corrected chi connectivity index (χ1v) is 6.61. The molecule has 1 aromatic rings. The highest BCUT2D eigenvalue weighted by atomic mass is 16.5. The summed E-state index contributed by atoms with van der Waals surface area (Å²) in [5.41, 5.74) is 0.721. The second kappa shape index (κ2) is 7.65. The van der Waals surface area contributed by atoms with E-state index in [1.807, 2.05) is 32.0 Å². The first-order chi connectivity index (χ1) is 9.51. The number of carboxylic acid groups (broad SMARTS) is 1. The Balaban J connectivity index is 2.99. The van der Waals surface area contributed by atoms with Crippen LogP contribution < -0.4 is 0 Å². The lowest BCUT2D eigenvalue weighted by Crippen LogP contribution is -2.44. The quantitative estimate of drug-likeness (QED) is 0.830. The molecule has 1 rings (SSSR count). The van der Waals surface area contributed by atoms with Crippen molar-refractivity contribution in [3.8, 4) is 0 Å². The number of amides is 1. The number of carboxylic acids is 1. The summed E-state index contributed by atoms with van der Waals surface area (Å²) >= 11 is 0. The third-order valence-corrected chi connectivity index (χ3v) is 3.27. The Morgan fingerprint density at radius 1 is 1.30 bits per heavy atom. The van der Waals surface area contributed by atoms with Crippen LogP contribution in [0.5, 0.6) is 0 Å². The summed E-state index contributed by atoms with van der Waals surface area (Å²) in [6, 6.07) is 8.92. The van der Waals surface area contributed by atoms with E-state index in [1.54, 1.807) is 12.1 Å². The minimum absolute atomic E-state index is 0.153. The summed E-state index contributed by atoms with van der Waals surface area (Å²) in [6.45, 7) is 3.43. The van der Waals surface area contributed by atoms with E-state index < -0.39 is 12.1 Å². The molecular formula is C15H21NO4. The zero-order valence-corrected chi connectivity index (χ0v) is 12.1. The van der Waals surface area contributed by atoms with Gasteiger partial charge in [-0.1, -0.05) is 37.3 Å². The van der Waals surface area contributed by atoms with Crippen molar-refractivity contribution in [3.05, 3.63) is 35.9 Å². The highest BCUT2D eigenvalue weighted by Gasteiger charge is 2.29. The molecule has 0 fully saturated rings. The number of benzene rings is 1. The molecule has 0 saturated heterocycles. The molecule has 0 aliphatic rings. The molecule has 2 atom stereocenters. The summed E-state index contributed by atoms with van der Waals surface area (Å²) in [4.78, 5) is 24.8. The number of ether oxygens (including phenoxy) is 1. The molecule has 5 nitrogen and oxygen atoms in total. The zero-order chi connectivity index (χ0) is 15.1.